The van der Waals surface area contributed by atoms with Crippen LogP contribution in [0.1, 0.15) is 53.5 Å². The molecule has 4 rings (SSSR count). The van der Waals surface area contributed by atoms with Crippen molar-refractivity contribution < 1.29 is 4.79 Å². The molecular weight excluding hydrogens is 310 g/mol. The molecule has 2 aliphatic rings. The van der Waals surface area contributed by atoms with Crippen molar-refractivity contribution in [2.24, 2.45) is 5.92 Å². The summed E-state index contributed by atoms with van der Waals surface area (Å²) < 4.78 is 0. The monoisotopic (exact) mass is 331 g/mol. The first kappa shape index (κ1) is 14.5. The number of thiophene rings is 2. The molecule has 1 aliphatic carbocycles. The highest BCUT2D eigenvalue weighted by atomic mass is 32.1. The molecule has 1 amide bonds. The summed E-state index contributed by atoms with van der Waals surface area (Å²) in [4.78, 5) is 17.8. The van der Waals surface area contributed by atoms with E-state index in [4.69, 9.17) is 0 Å². The summed E-state index contributed by atoms with van der Waals surface area (Å²) >= 11 is 3.61. The average molecular weight is 332 g/mol. The number of carbonyl (C=O) groups excluding carboxylic acids is 1. The molecule has 0 radical (unpaired) electrons. The molecule has 0 N–H and O–H groups in total. The van der Waals surface area contributed by atoms with Crippen LogP contribution < -0.4 is 0 Å². The van der Waals surface area contributed by atoms with Crippen LogP contribution in [-0.2, 0) is 11.2 Å². The standard InChI is InChI=1S/C18H21NOS2/c20-17(12-13-4-1-2-5-13)19-9-7-15-14(8-11-22-15)18(19)16-6-3-10-21-16/h3,6,8,10-11,13,18H,1-2,4-5,7,9,12H2. The Labute approximate surface area is 139 Å². The van der Waals surface area contributed by atoms with Gasteiger partial charge in [0.15, 0.2) is 0 Å². The largest absolute Gasteiger partial charge is 0.330 e. The summed E-state index contributed by atoms with van der Waals surface area (Å²) in [5, 5.41) is 4.30. The molecule has 1 atom stereocenters. The maximum absolute atomic E-state index is 12.9. The highest BCUT2D eigenvalue weighted by Crippen LogP contribution is 2.40. The van der Waals surface area contributed by atoms with E-state index >= 15 is 0 Å². The SMILES string of the molecule is O=C(CC1CCCC1)N1CCc2sccc2C1c1cccs1. The topological polar surface area (TPSA) is 20.3 Å². The van der Waals surface area contributed by atoms with Crippen LogP contribution in [0.25, 0.3) is 0 Å². The predicted octanol–water partition coefficient (Wildman–Crippen LogP) is 4.86. The lowest BCUT2D eigenvalue weighted by Gasteiger charge is -2.36. The van der Waals surface area contributed by atoms with E-state index in [1.165, 1.54) is 41.0 Å². The van der Waals surface area contributed by atoms with Gasteiger partial charge in [-0.2, -0.15) is 0 Å². The van der Waals surface area contributed by atoms with Gasteiger partial charge < -0.3 is 4.90 Å². The van der Waals surface area contributed by atoms with Crippen LogP contribution in [0.15, 0.2) is 29.0 Å². The quantitative estimate of drug-likeness (QED) is 0.786. The van der Waals surface area contributed by atoms with Gasteiger partial charge in [-0.15, -0.1) is 22.7 Å². The Morgan fingerprint density at radius 3 is 2.82 bits per heavy atom. The van der Waals surface area contributed by atoms with Gasteiger partial charge in [-0.25, -0.2) is 0 Å². The van der Waals surface area contributed by atoms with E-state index in [0.717, 1.165) is 19.4 Å². The smallest absolute Gasteiger partial charge is 0.223 e. The first-order valence-corrected chi connectivity index (χ1v) is 9.98. The van der Waals surface area contributed by atoms with Crippen molar-refractivity contribution in [1.29, 1.82) is 0 Å². The molecule has 0 spiro atoms. The summed E-state index contributed by atoms with van der Waals surface area (Å²) in [5.74, 6) is 0.988. The summed E-state index contributed by atoms with van der Waals surface area (Å²) in [7, 11) is 0. The van der Waals surface area contributed by atoms with Gasteiger partial charge in [0.2, 0.25) is 5.91 Å². The third kappa shape index (κ3) is 2.63. The third-order valence-corrected chi connectivity index (χ3v) is 6.96. The summed E-state index contributed by atoms with van der Waals surface area (Å²) in [6.45, 7) is 0.877. The first-order valence-electron chi connectivity index (χ1n) is 8.22. The number of carbonyl (C=O) groups is 1. The molecule has 4 heteroatoms. The molecule has 1 fully saturated rings. The van der Waals surface area contributed by atoms with E-state index in [-0.39, 0.29) is 6.04 Å². The Hall–Kier alpha value is -1.13. The Bertz CT molecular complexity index is 640. The molecule has 1 saturated carbocycles. The zero-order chi connectivity index (χ0) is 14.9. The number of rotatable bonds is 3. The van der Waals surface area contributed by atoms with E-state index in [1.807, 2.05) is 11.3 Å². The molecule has 3 heterocycles. The zero-order valence-electron chi connectivity index (χ0n) is 12.7. The van der Waals surface area contributed by atoms with E-state index in [0.29, 0.717) is 11.8 Å². The van der Waals surface area contributed by atoms with Crippen molar-refractivity contribution in [1.82, 2.24) is 4.90 Å². The number of nitrogens with zero attached hydrogens (tertiary/aromatic N) is 1. The van der Waals surface area contributed by atoms with E-state index in [9.17, 15) is 4.79 Å². The molecule has 0 bridgehead atoms. The van der Waals surface area contributed by atoms with Crippen molar-refractivity contribution >= 4 is 28.6 Å². The highest BCUT2D eigenvalue weighted by Gasteiger charge is 2.34. The fourth-order valence-electron chi connectivity index (χ4n) is 3.92. The summed E-state index contributed by atoms with van der Waals surface area (Å²) in [6.07, 6.45) is 6.87. The Kier molecular flexibility index (Phi) is 4.05. The Morgan fingerprint density at radius 1 is 1.18 bits per heavy atom. The molecule has 116 valence electrons. The van der Waals surface area contributed by atoms with Gasteiger partial charge in [-0.3, -0.25) is 4.79 Å². The summed E-state index contributed by atoms with van der Waals surface area (Å²) in [6, 6.07) is 6.65. The van der Waals surface area contributed by atoms with Crippen molar-refractivity contribution in [2.75, 3.05) is 6.54 Å². The lowest BCUT2D eigenvalue weighted by Crippen LogP contribution is -2.40. The van der Waals surface area contributed by atoms with Crippen molar-refractivity contribution in [2.45, 2.75) is 44.6 Å². The summed E-state index contributed by atoms with van der Waals surface area (Å²) in [5.41, 5.74) is 1.36. The molecule has 2 nitrogen and oxygen atoms in total. The fourth-order valence-corrected chi connectivity index (χ4v) is 5.68. The van der Waals surface area contributed by atoms with Crippen LogP contribution in [0.5, 0.6) is 0 Å². The second-order valence-corrected chi connectivity index (χ2v) is 8.39. The molecule has 2 aromatic heterocycles. The van der Waals surface area contributed by atoms with Gasteiger partial charge in [-0.05, 0) is 53.6 Å². The normalized spacial score (nSPS) is 22.0. The fraction of sp³-hybridized carbons (Fsp3) is 0.500. The molecule has 1 unspecified atom stereocenters. The van der Waals surface area contributed by atoms with Gasteiger partial charge >= 0.3 is 0 Å². The van der Waals surface area contributed by atoms with E-state index in [2.05, 4.69) is 33.9 Å². The lowest BCUT2D eigenvalue weighted by atomic mass is 9.96. The minimum absolute atomic E-state index is 0.156. The Morgan fingerprint density at radius 2 is 2.05 bits per heavy atom. The van der Waals surface area contributed by atoms with Crippen LogP contribution >= 0.6 is 22.7 Å². The lowest BCUT2D eigenvalue weighted by molar-refractivity contribution is -0.134. The molecular formula is C18H21NOS2. The molecule has 2 aromatic rings. The van der Waals surface area contributed by atoms with Crippen molar-refractivity contribution in [3.63, 3.8) is 0 Å². The van der Waals surface area contributed by atoms with Crippen LogP contribution in [0, 0.1) is 5.92 Å². The van der Waals surface area contributed by atoms with Gasteiger partial charge in [0.1, 0.15) is 0 Å². The average Bonchev–Trinajstić information content (AvgIpc) is 3.27. The Balaban J connectivity index is 1.61. The van der Waals surface area contributed by atoms with Crippen LogP contribution in [0.2, 0.25) is 0 Å². The van der Waals surface area contributed by atoms with Gasteiger partial charge in [0.05, 0.1) is 6.04 Å². The number of fused-ring (bicyclic) bond motifs is 1. The van der Waals surface area contributed by atoms with Crippen LogP contribution in [0.3, 0.4) is 0 Å². The maximum Gasteiger partial charge on any atom is 0.223 e. The van der Waals surface area contributed by atoms with Crippen LogP contribution in [-0.4, -0.2) is 17.4 Å². The number of amides is 1. The second-order valence-electron chi connectivity index (χ2n) is 6.41. The highest BCUT2D eigenvalue weighted by molar-refractivity contribution is 7.10. The number of hydrogen-bond acceptors (Lipinski definition) is 3. The van der Waals surface area contributed by atoms with E-state index in [1.54, 1.807) is 11.3 Å². The maximum atomic E-state index is 12.9. The van der Waals surface area contributed by atoms with Gasteiger partial charge in [-0.1, -0.05) is 18.9 Å². The molecule has 0 aromatic carbocycles. The zero-order valence-corrected chi connectivity index (χ0v) is 14.3. The van der Waals surface area contributed by atoms with Gasteiger partial charge in [0.25, 0.3) is 0 Å². The first-order chi connectivity index (χ1) is 10.8. The minimum Gasteiger partial charge on any atom is -0.330 e. The second kappa shape index (κ2) is 6.17. The molecule has 1 aliphatic heterocycles. The van der Waals surface area contributed by atoms with Crippen molar-refractivity contribution in [3.05, 3.63) is 44.3 Å². The molecule has 22 heavy (non-hydrogen) atoms. The number of hydrogen-bond donors (Lipinski definition) is 0. The third-order valence-electron chi connectivity index (χ3n) is 5.04. The van der Waals surface area contributed by atoms with Gasteiger partial charge in [0, 0.05) is 22.7 Å². The molecule has 0 saturated heterocycles. The predicted molar refractivity (Wildman–Crippen MR) is 92.5 cm³/mol. The minimum atomic E-state index is 0.156. The van der Waals surface area contributed by atoms with Crippen LogP contribution in [0.4, 0.5) is 0 Å². The van der Waals surface area contributed by atoms with E-state index < -0.39 is 0 Å². The van der Waals surface area contributed by atoms with Crippen molar-refractivity contribution in [3.8, 4) is 0 Å².